The molecule has 0 aromatic heterocycles. The van der Waals surface area contributed by atoms with Crippen LogP contribution in [-0.4, -0.2) is 34.6 Å². The normalized spacial score (nSPS) is 12.0. The third-order valence-electron chi connectivity index (χ3n) is 7.30. The molecule has 0 rings (SSSR count). The van der Waals surface area contributed by atoms with Crippen LogP contribution in [0, 0.1) is 0 Å². The number of unbranched alkanes of at least 4 members (excludes halogenated alkanes) is 23. The lowest BCUT2D eigenvalue weighted by Gasteiger charge is -2.24. The van der Waals surface area contributed by atoms with Crippen LogP contribution < -0.4 is 0 Å². The van der Waals surface area contributed by atoms with E-state index in [9.17, 15) is 0 Å². The molecule has 0 spiro atoms. The van der Waals surface area contributed by atoms with Crippen LogP contribution in [0.2, 0.25) is 6.04 Å². The molecular weight excluding hydrogens is 551 g/mol. The number of hydrogen-bond acceptors (Lipinski definition) is 3. The smallest absolute Gasteiger partial charge is 0.377 e. The minimum absolute atomic E-state index is 0.940. The zero-order valence-corrected chi connectivity index (χ0v) is 26.6. The summed E-state index contributed by atoms with van der Waals surface area (Å²) >= 11 is 2.49. The molecule has 0 fully saturated rings. The molecule has 0 aliphatic carbocycles. The summed E-state index contributed by atoms with van der Waals surface area (Å²) in [6.07, 6.45) is 34.3. The summed E-state index contributed by atoms with van der Waals surface area (Å²) in [7, 11) is 2.79. The molecule has 0 aliphatic rings. The van der Waals surface area contributed by atoms with E-state index in [4.69, 9.17) is 13.3 Å². The highest BCUT2D eigenvalue weighted by Crippen LogP contribution is 2.19. The Labute approximate surface area is 229 Å². The van der Waals surface area contributed by atoms with E-state index in [-0.39, 0.29) is 0 Å². The maximum absolute atomic E-state index is 5.49. The predicted molar refractivity (Wildman–Crippen MR) is 161 cm³/mol. The van der Waals surface area contributed by atoms with Crippen molar-refractivity contribution in [2.75, 3.05) is 25.8 Å². The van der Waals surface area contributed by atoms with E-state index in [1.54, 1.807) is 21.3 Å². The number of halogens is 1. The monoisotopic (exact) mass is 612 g/mol. The lowest BCUT2D eigenvalue weighted by Crippen LogP contribution is -2.42. The fourth-order valence-electron chi connectivity index (χ4n) is 4.88. The molecule has 0 atom stereocenters. The average Bonchev–Trinajstić information content (AvgIpc) is 2.86. The van der Waals surface area contributed by atoms with Crippen LogP contribution in [0.4, 0.5) is 0 Å². The van der Waals surface area contributed by atoms with Gasteiger partial charge in [-0.2, -0.15) is 0 Å². The zero-order valence-electron chi connectivity index (χ0n) is 23.5. The van der Waals surface area contributed by atoms with Gasteiger partial charge >= 0.3 is 8.80 Å². The van der Waals surface area contributed by atoms with Gasteiger partial charge in [-0.3, -0.25) is 0 Å². The predicted octanol–water partition coefficient (Wildman–Crippen LogP) is 10.7. The van der Waals surface area contributed by atoms with Crippen molar-refractivity contribution in [1.29, 1.82) is 0 Å². The van der Waals surface area contributed by atoms with Gasteiger partial charge in [-0.15, -0.1) is 0 Å². The molecule has 0 saturated carbocycles. The van der Waals surface area contributed by atoms with Gasteiger partial charge in [-0.05, 0) is 17.3 Å². The van der Waals surface area contributed by atoms with Crippen LogP contribution in [0.3, 0.4) is 0 Å². The molecular formula is C29H61IO3Si. The fraction of sp³-hybridized carbons (Fsp3) is 1.00. The molecule has 0 N–H and O–H groups in total. The Hall–Kier alpha value is 0.827. The first-order valence-corrected chi connectivity index (χ1v) is 18.4. The average molecular weight is 613 g/mol. The molecule has 0 aliphatic heterocycles. The Morgan fingerprint density at radius 1 is 0.353 bits per heavy atom. The molecule has 5 heteroatoms. The van der Waals surface area contributed by atoms with E-state index < -0.39 is 8.80 Å². The summed E-state index contributed by atoms with van der Waals surface area (Å²) in [4.78, 5) is 0. The van der Waals surface area contributed by atoms with E-state index in [1.807, 2.05) is 0 Å². The topological polar surface area (TPSA) is 27.7 Å². The van der Waals surface area contributed by atoms with E-state index in [1.165, 1.54) is 152 Å². The third-order valence-corrected chi connectivity index (χ3v) is 10.9. The molecule has 0 amide bonds. The molecule has 0 unspecified atom stereocenters. The highest BCUT2D eigenvalue weighted by molar-refractivity contribution is 14.1. The quantitative estimate of drug-likeness (QED) is 0.0364. The van der Waals surface area contributed by atoms with Crippen molar-refractivity contribution in [3.05, 3.63) is 0 Å². The van der Waals surface area contributed by atoms with Gasteiger partial charge in [0.15, 0.2) is 0 Å². The van der Waals surface area contributed by atoms with Crippen molar-refractivity contribution in [1.82, 2.24) is 0 Å². The highest BCUT2D eigenvalue weighted by atomic mass is 127. The van der Waals surface area contributed by atoms with Crippen LogP contribution in [-0.2, 0) is 13.3 Å². The largest absolute Gasteiger partial charge is 0.500 e. The van der Waals surface area contributed by atoms with Gasteiger partial charge < -0.3 is 13.3 Å². The van der Waals surface area contributed by atoms with Crippen LogP contribution in [0.25, 0.3) is 0 Å². The Morgan fingerprint density at radius 2 is 0.559 bits per heavy atom. The minimum Gasteiger partial charge on any atom is -0.377 e. The van der Waals surface area contributed by atoms with Gasteiger partial charge in [0.1, 0.15) is 0 Å². The standard InChI is InChI=1S/C29H61IO3Si/c1-31-34(32-2,33-3)29-27-25-23-21-19-17-15-13-11-9-7-5-4-6-8-10-12-14-16-18-20-22-24-26-28-30/h4-29H2,1-3H3. The van der Waals surface area contributed by atoms with E-state index in [0.29, 0.717) is 0 Å². The van der Waals surface area contributed by atoms with Crippen molar-refractivity contribution in [3.8, 4) is 0 Å². The molecule has 34 heavy (non-hydrogen) atoms. The Bertz CT molecular complexity index is 372. The second-order valence-corrected chi connectivity index (χ2v) is 14.4. The summed E-state index contributed by atoms with van der Waals surface area (Å²) in [5, 5.41) is 0. The summed E-state index contributed by atoms with van der Waals surface area (Å²) < 4.78 is 17.8. The van der Waals surface area contributed by atoms with E-state index >= 15 is 0 Å². The van der Waals surface area contributed by atoms with E-state index in [2.05, 4.69) is 22.6 Å². The first-order valence-electron chi connectivity index (χ1n) is 15.0. The number of hydrogen-bond donors (Lipinski definition) is 0. The molecule has 3 nitrogen and oxygen atoms in total. The zero-order chi connectivity index (χ0) is 25.0. The summed E-state index contributed by atoms with van der Waals surface area (Å²) in [6.45, 7) is 0. The fourth-order valence-corrected chi connectivity index (χ4v) is 7.22. The molecule has 0 bridgehead atoms. The summed E-state index contributed by atoms with van der Waals surface area (Å²) in [6, 6.07) is 0.940. The van der Waals surface area contributed by atoms with Crippen LogP contribution in [0.5, 0.6) is 0 Å². The highest BCUT2D eigenvalue weighted by Gasteiger charge is 2.36. The first kappa shape index (κ1) is 34.8. The summed E-state index contributed by atoms with van der Waals surface area (Å²) in [5.41, 5.74) is 0. The third kappa shape index (κ3) is 23.2. The Kier molecular flexibility index (Phi) is 29.1. The molecule has 0 saturated heterocycles. The SMILES string of the molecule is CO[Si](CCCCCCCCCCCCCCCCCCCCCCCCCCI)(OC)OC. The van der Waals surface area contributed by atoms with Gasteiger partial charge in [-0.25, -0.2) is 0 Å². The van der Waals surface area contributed by atoms with E-state index in [0.717, 1.165) is 12.5 Å². The minimum atomic E-state index is -2.34. The first-order chi connectivity index (χ1) is 16.7. The van der Waals surface area contributed by atoms with Gasteiger partial charge in [0.2, 0.25) is 0 Å². The molecule has 0 radical (unpaired) electrons. The van der Waals surface area contributed by atoms with Crippen molar-refractivity contribution >= 4 is 31.4 Å². The van der Waals surface area contributed by atoms with Gasteiger partial charge in [0.25, 0.3) is 0 Å². The van der Waals surface area contributed by atoms with Crippen LogP contribution in [0.1, 0.15) is 154 Å². The van der Waals surface area contributed by atoms with Gasteiger partial charge in [-0.1, -0.05) is 164 Å². The van der Waals surface area contributed by atoms with Crippen molar-refractivity contribution in [3.63, 3.8) is 0 Å². The summed E-state index contributed by atoms with van der Waals surface area (Å²) in [5.74, 6) is 0. The number of rotatable bonds is 29. The second-order valence-electron chi connectivity index (χ2n) is 10.2. The molecule has 0 aromatic carbocycles. The second kappa shape index (κ2) is 28.4. The lowest BCUT2D eigenvalue weighted by molar-refractivity contribution is 0.122. The number of alkyl halides is 1. The van der Waals surface area contributed by atoms with Crippen LogP contribution in [0.15, 0.2) is 0 Å². The Balaban J connectivity index is 3.14. The maximum Gasteiger partial charge on any atom is 0.500 e. The van der Waals surface area contributed by atoms with Crippen LogP contribution >= 0.6 is 22.6 Å². The van der Waals surface area contributed by atoms with Crippen molar-refractivity contribution in [2.24, 2.45) is 0 Å². The van der Waals surface area contributed by atoms with Gasteiger partial charge in [0.05, 0.1) is 0 Å². The van der Waals surface area contributed by atoms with Crippen molar-refractivity contribution < 1.29 is 13.3 Å². The molecule has 206 valence electrons. The van der Waals surface area contributed by atoms with Gasteiger partial charge in [0, 0.05) is 27.4 Å². The molecule has 0 heterocycles. The molecule has 0 aromatic rings. The Morgan fingerprint density at radius 3 is 0.765 bits per heavy atom. The van der Waals surface area contributed by atoms with Crippen molar-refractivity contribution in [2.45, 2.75) is 160 Å². The maximum atomic E-state index is 5.49. The lowest BCUT2D eigenvalue weighted by atomic mass is 10.0.